The van der Waals surface area contributed by atoms with E-state index >= 15 is 0 Å². The molecular weight excluding hydrogens is 374 g/mol. The highest BCUT2D eigenvalue weighted by Gasteiger charge is 2.24. The van der Waals surface area contributed by atoms with Gasteiger partial charge in [-0.3, -0.25) is 9.69 Å². The largest absolute Gasteiger partial charge is 0.497 e. The first-order chi connectivity index (χ1) is 13.5. The molecule has 3 rings (SSSR count). The van der Waals surface area contributed by atoms with E-state index in [9.17, 15) is 4.79 Å². The summed E-state index contributed by atoms with van der Waals surface area (Å²) in [4.78, 5) is 14.8. The van der Waals surface area contributed by atoms with Crippen molar-refractivity contribution in [3.8, 4) is 5.75 Å². The monoisotopic (exact) mass is 399 g/mol. The van der Waals surface area contributed by atoms with Crippen molar-refractivity contribution in [3.63, 3.8) is 0 Å². The van der Waals surface area contributed by atoms with Gasteiger partial charge < -0.3 is 4.74 Å². The summed E-state index contributed by atoms with van der Waals surface area (Å²) in [6, 6.07) is 15.6. The minimum Gasteiger partial charge on any atom is -0.497 e. The predicted molar refractivity (Wildman–Crippen MR) is 113 cm³/mol. The van der Waals surface area contributed by atoms with Crippen molar-refractivity contribution >= 4 is 23.2 Å². The number of ether oxygens (including phenoxy) is 1. The number of carbonyl (C=O) groups is 1. The van der Waals surface area contributed by atoms with Crippen LogP contribution in [-0.2, 0) is 11.3 Å². The van der Waals surface area contributed by atoms with Crippen LogP contribution in [0.1, 0.15) is 30.9 Å². The lowest BCUT2D eigenvalue weighted by Gasteiger charge is -2.30. The maximum absolute atomic E-state index is 12.5. The van der Waals surface area contributed by atoms with Crippen LogP contribution in [0.3, 0.4) is 0 Å². The van der Waals surface area contributed by atoms with Crippen LogP contribution < -0.4 is 10.2 Å². The van der Waals surface area contributed by atoms with Crippen LogP contribution in [0.25, 0.3) is 0 Å². The molecule has 2 aromatic rings. The van der Waals surface area contributed by atoms with Crippen LogP contribution in [0.4, 0.5) is 0 Å². The Hall–Kier alpha value is -2.37. The number of amides is 1. The normalized spacial score (nSPS) is 16.0. The SMILES string of the molecule is COc1ccc(C(C)=NNC(=O)C2CCN(Cc3ccc(Cl)cc3)CC2)cc1. The quantitative estimate of drug-likeness (QED) is 0.587. The molecule has 1 amide bonds. The first-order valence-corrected chi connectivity index (χ1v) is 9.88. The molecule has 0 unspecified atom stereocenters. The summed E-state index contributed by atoms with van der Waals surface area (Å²) < 4.78 is 5.16. The topological polar surface area (TPSA) is 53.9 Å². The number of carbonyl (C=O) groups excluding carboxylic acids is 1. The second kappa shape index (κ2) is 9.71. The highest BCUT2D eigenvalue weighted by molar-refractivity contribution is 6.30. The van der Waals surface area contributed by atoms with Crippen molar-refractivity contribution in [2.45, 2.75) is 26.3 Å². The van der Waals surface area contributed by atoms with Gasteiger partial charge in [0.15, 0.2) is 0 Å². The van der Waals surface area contributed by atoms with Crippen molar-refractivity contribution in [2.24, 2.45) is 11.0 Å². The average molecular weight is 400 g/mol. The molecular formula is C22H26ClN3O2. The number of nitrogens with zero attached hydrogens (tertiary/aromatic N) is 2. The zero-order chi connectivity index (χ0) is 19.9. The number of hydrazone groups is 1. The molecule has 0 aromatic heterocycles. The first-order valence-electron chi connectivity index (χ1n) is 9.50. The smallest absolute Gasteiger partial charge is 0.243 e. The van der Waals surface area contributed by atoms with Crippen molar-refractivity contribution in [2.75, 3.05) is 20.2 Å². The molecule has 1 aliphatic rings. The Morgan fingerprint density at radius 1 is 1.14 bits per heavy atom. The Labute approximate surface area is 171 Å². The fourth-order valence-electron chi connectivity index (χ4n) is 3.33. The summed E-state index contributed by atoms with van der Waals surface area (Å²) in [7, 11) is 1.64. The van der Waals surface area contributed by atoms with Crippen molar-refractivity contribution < 1.29 is 9.53 Å². The molecule has 148 valence electrons. The molecule has 0 spiro atoms. The third kappa shape index (κ3) is 5.57. The van der Waals surface area contributed by atoms with Crippen LogP contribution in [0.15, 0.2) is 53.6 Å². The van der Waals surface area contributed by atoms with E-state index in [-0.39, 0.29) is 11.8 Å². The Balaban J connectivity index is 1.47. The van der Waals surface area contributed by atoms with Crippen LogP contribution in [-0.4, -0.2) is 36.7 Å². The minimum atomic E-state index is -0.000922. The molecule has 1 aliphatic heterocycles. The van der Waals surface area contributed by atoms with Gasteiger partial charge in [0.05, 0.1) is 12.8 Å². The van der Waals surface area contributed by atoms with Gasteiger partial charge in [-0.15, -0.1) is 0 Å². The van der Waals surface area contributed by atoms with E-state index in [4.69, 9.17) is 16.3 Å². The predicted octanol–water partition coefficient (Wildman–Crippen LogP) is 4.10. The molecule has 1 heterocycles. The van der Waals surface area contributed by atoms with Crippen LogP contribution in [0.2, 0.25) is 5.02 Å². The van der Waals surface area contributed by atoms with Gasteiger partial charge in [0.25, 0.3) is 0 Å². The van der Waals surface area contributed by atoms with E-state index < -0.39 is 0 Å². The van der Waals surface area contributed by atoms with Crippen molar-refractivity contribution in [1.29, 1.82) is 0 Å². The molecule has 1 saturated heterocycles. The van der Waals surface area contributed by atoms with E-state index in [1.54, 1.807) is 7.11 Å². The van der Waals surface area contributed by atoms with Gasteiger partial charge in [-0.2, -0.15) is 5.10 Å². The summed E-state index contributed by atoms with van der Waals surface area (Å²) in [5.41, 5.74) is 5.71. The van der Waals surface area contributed by atoms with Crippen LogP contribution in [0, 0.1) is 5.92 Å². The van der Waals surface area contributed by atoms with Gasteiger partial charge in [-0.1, -0.05) is 23.7 Å². The van der Waals surface area contributed by atoms with Crippen molar-refractivity contribution in [1.82, 2.24) is 10.3 Å². The van der Waals surface area contributed by atoms with Crippen LogP contribution in [0.5, 0.6) is 5.75 Å². The number of benzene rings is 2. The average Bonchev–Trinajstić information content (AvgIpc) is 2.74. The molecule has 0 bridgehead atoms. The highest BCUT2D eigenvalue weighted by atomic mass is 35.5. The number of rotatable bonds is 6. The molecule has 1 N–H and O–H groups in total. The van der Waals surface area contributed by atoms with Crippen molar-refractivity contribution in [3.05, 3.63) is 64.7 Å². The maximum Gasteiger partial charge on any atom is 0.243 e. The van der Waals surface area contributed by atoms with Crippen LogP contribution >= 0.6 is 11.6 Å². The zero-order valence-electron chi connectivity index (χ0n) is 16.3. The first kappa shape index (κ1) is 20.4. The highest BCUT2D eigenvalue weighted by Crippen LogP contribution is 2.20. The van der Waals surface area contributed by atoms with E-state index in [1.165, 1.54) is 5.56 Å². The van der Waals surface area contributed by atoms with E-state index in [0.717, 1.165) is 54.5 Å². The fourth-order valence-corrected chi connectivity index (χ4v) is 3.45. The lowest BCUT2D eigenvalue weighted by Crippen LogP contribution is -2.39. The molecule has 2 aromatic carbocycles. The maximum atomic E-state index is 12.5. The Morgan fingerprint density at radius 2 is 1.79 bits per heavy atom. The van der Waals surface area contributed by atoms with Gasteiger partial charge in [0.2, 0.25) is 5.91 Å². The second-order valence-electron chi connectivity index (χ2n) is 7.08. The standard InChI is InChI=1S/C22H26ClN3O2/c1-16(18-5-9-21(28-2)10-6-18)24-25-22(27)19-11-13-26(14-12-19)15-17-3-7-20(23)8-4-17/h3-10,19H,11-15H2,1-2H3,(H,25,27). The number of hydrogen-bond donors (Lipinski definition) is 1. The Morgan fingerprint density at radius 3 is 2.39 bits per heavy atom. The molecule has 0 saturated carbocycles. The number of nitrogens with one attached hydrogen (secondary N) is 1. The Kier molecular flexibility index (Phi) is 7.06. The number of piperidine rings is 1. The van der Waals surface area contributed by atoms with Gasteiger partial charge in [-0.05, 0) is 80.4 Å². The molecule has 0 atom stereocenters. The molecule has 28 heavy (non-hydrogen) atoms. The summed E-state index contributed by atoms with van der Waals surface area (Å²) >= 11 is 5.94. The number of halogens is 1. The second-order valence-corrected chi connectivity index (χ2v) is 7.52. The fraction of sp³-hybridized carbons (Fsp3) is 0.364. The third-order valence-electron chi connectivity index (χ3n) is 5.12. The molecule has 1 fully saturated rings. The zero-order valence-corrected chi connectivity index (χ0v) is 17.1. The van der Waals surface area contributed by atoms with E-state index in [2.05, 4.69) is 27.6 Å². The molecule has 6 heteroatoms. The summed E-state index contributed by atoms with van der Waals surface area (Å²) in [5.74, 6) is 0.804. The third-order valence-corrected chi connectivity index (χ3v) is 5.37. The van der Waals surface area contributed by atoms with E-state index in [0.29, 0.717) is 0 Å². The summed E-state index contributed by atoms with van der Waals surface area (Å²) in [6.07, 6.45) is 1.69. The molecule has 0 aliphatic carbocycles. The lowest BCUT2D eigenvalue weighted by atomic mass is 9.96. The number of hydrogen-bond acceptors (Lipinski definition) is 4. The van der Waals surface area contributed by atoms with Gasteiger partial charge in [-0.25, -0.2) is 5.43 Å². The molecule has 0 radical (unpaired) electrons. The van der Waals surface area contributed by atoms with Gasteiger partial charge in [0, 0.05) is 17.5 Å². The lowest BCUT2D eigenvalue weighted by molar-refractivity contribution is -0.126. The number of methoxy groups -OCH3 is 1. The van der Waals surface area contributed by atoms with Gasteiger partial charge in [0.1, 0.15) is 5.75 Å². The summed E-state index contributed by atoms with van der Waals surface area (Å²) in [6.45, 7) is 4.58. The molecule has 5 nitrogen and oxygen atoms in total. The van der Waals surface area contributed by atoms with Gasteiger partial charge >= 0.3 is 0 Å². The Bertz CT molecular complexity index is 811. The minimum absolute atomic E-state index is 0.000922. The summed E-state index contributed by atoms with van der Waals surface area (Å²) in [5, 5.41) is 5.02. The number of likely N-dealkylation sites (tertiary alicyclic amines) is 1. The van der Waals surface area contributed by atoms with E-state index in [1.807, 2.05) is 43.3 Å².